The first-order chi connectivity index (χ1) is 7.22. The fourth-order valence-corrected chi connectivity index (χ4v) is 2.69. The van der Waals surface area contributed by atoms with Crippen LogP contribution in [0.4, 0.5) is 0 Å². The third-order valence-electron chi connectivity index (χ3n) is 3.56. The van der Waals surface area contributed by atoms with E-state index in [1.54, 1.807) is 4.90 Å². The summed E-state index contributed by atoms with van der Waals surface area (Å²) in [6, 6.07) is 9.65. The summed E-state index contributed by atoms with van der Waals surface area (Å²) >= 11 is 0. The van der Waals surface area contributed by atoms with Crippen LogP contribution in [0.3, 0.4) is 0 Å². The molecule has 3 rings (SSSR count). The Morgan fingerprint density at radius 2 is 2.07 bits per heavy atom. The number of carbonyl (C=O) groups is 1. The van der Waals surface area contributed by atoms with Gasteiger partial charge in [0.05, 0.1) is 12.6 Å². The molecule has 3 heteroatoms. The lowest BCUT2D eigenvalue weighted by Crippen LogP contribution is -2.65. The molecule has 15 heavy (non-hydrogen) atoms. The first-order valence-corrected chi connectivity index (χ1v) is 5.29. The van der Waals surface area contributed by atoms with Gasteiger partial charge in [-0.2, -0.15) is 0 Å². The van der Waals surface area contributed by atoms with Crippen molar-refractivity contribution in [3.63, 3.8) is 0 Å². The topological polar surface area (TPSA) is 40.5 Å². The smallest absolute Gasteiger partial charge is 0.223 e. The molecule has 0 bridgehead atoms. The lowest BCUT2D eigenvalue weighted by atomic mass is 9.78. The molecule has 3 nitrogen and oxygen atoms in total. The van der Waals surface area contributed by atoms with Gasteiger partial charge in [0, 0.05) is 6.42 Å². The number of nitrogens with zero attached hydrogens (tertiary/aromatic N) is 1. The minimum Gasteiger partial charge on any atom is -0.381 e. The van der Waals surface area contributed by atoms with E-state index in [2.05, 4.69) is 0 Å². The summed E-state index contributed by atoms with van der Waals surface area (Å²) in [4.78, 5) is 13.2. The lowest BCUT2D eigenvalue weighted by molar-refractivity contribution is -0.166. The quantitative estimate of drug-likeness (QED) is 0.736. The number of fused-ring (bicyclic) bond motifs is 1. The van der Waals surface area contributed by atoms with Crippen LogP contribution in [-0.4, -0.2) is 28.5 Å². The highest BCUT2D eigenvalue weighted by Gasteiger charge is 2.57. The summed E-state index contributed by atoms with van der Waals surface area (Å²) in [7, 11) is 0. The summed E-state index contributed by atoms with van der Waals surface area (Å²) in [5.74, 6) is 0.181. The largest absolute Gasteiger partial charge is 0.381 e. The normalized spacial score (nSPS) is 33.8. The van der Waals surface area contributed by atoms with Crippen LogP contribution in [0.5, 0.6) is 0 Å². The van der Waals surface area contributed by atoms with Gasteiger partial charge in [0.2, 0.25) is 5.91 Å². The Kier molecular flexibility index (Phi) is 1.68. The van der Waals surface area contributed by atoms with Crippen molar-refractivity contribution in [3.8, 4) is 0 Å². The molecule has 2 saturated heterocycles. The summed E-state index contributed by atoms with van der Waals surface area (Å²) < 4.78 is 0. The highest BCUT2D eigenvalue weighted by molar-refractivity contribution is 5.80. The van der Waals surface area contributed by atoms with Crippen molar-refractivity contribution in [2.75, 3.05) is 6.54 Å². The molecule has 2 heterocycles. The minimum atomic E-state index is -0.798. The van der Waals surface area contributed by atoms with Gasteiger partial charge in [-0.3, -0.25) is 4.79 Å². The van der Waals surface area contributed by atoms with Crippen molar-refractivity contribution in [2.24, 2.45) is 0 Å². The number of hydrogen-bond acceptors (Lipinski definition) is 2. The first-order valence-electron chi connectivity index (χ1n) is 5.29. The molecule has 1 aromatic carbocycles. The molecular weight excluding hydrogens is 190 g/mol. The van der Waals surface area contributed by atoms with Crippen LogP contribution >= 0.6 is 0 Å². The maximum Gasteiger partial charge on any atom is 0.223 e. The van der Waals surface area contributed by atoms with Crippen molar-refractivity contribution in [1.82, 2.24) is 4.90 Å². The Bertz CT molecular complexity index is 403. The third-order valence-corrected chi connectivity index (χ3v) is 3.56. The fraction of sp³-hybridized carbons (Fsp3) is 0.417. The lowest BCUT2D eigenvalue weighted by Gasteiger charge is -2.51. The molecule has 78 valence electrons. The number of hydrogen-bond donors (Lipinski definition) is 1. The average molecular weight is 203 g/mol. The number of carbonyl (C=O) groups excluding carboxylic acids is 1. The van der Waals surface area contributed by atoms with Crippen molar-refractivity contribution in [2.45, 2.75) is 24.5 Å². The Balaban J connectivity index is 1.92. The Morgan fingerprint density at radius 1 is 1.33 bits per heavy atom. The monoisotopic (exact) mass is 203 g/mol. The van der Waals surface area contributed by atoms with Crippen molar-refractivity contribution in [3.05, 3.63) is 35.9 Å². The second-order valence-corrected chi connectivity index (χ2v) is 4.37. The average Bonchev–Trinajstić information content (AvgIpc) is 2.56. The van der Waals surface area contributed by atoms with E-state index in [9.17, 15) is 9.90 Å². The van der Waals surface area contributed by atoms with Gasteiger partial charge in [0.15, 0.2) is 0 Å². The molecule has 2 aliphatic rings. The zero-order chi connectivity index (χ0) is 10.5. The molecule has 1 N–H and O–H groups in total. The Labute approximate surface area is 88.3 Å². The van der Waals surface area contributed by atoms with E-state index in [1.807, 2.05) is 30.3 Å². The van der Waals surface area contributed by atoms with E-state index in [0.717, 1.165) is 12.0 Å². The second kappa shape index (κ2) is 2.83. The van der Waals surface area contributed by atoms with Crippen molar-refractivity contribution >= 4 is 5.91 Å². The van der Waals surface area contributed by atoms with Gasteiger partial charge in [-0.05, 0) is 12.0 Å². The van der Waals surface area contributed by atoms with Crippen LogP contribution in [0.2, 0.25) is 0 Å². The zero-order valence-electron chi connectivity index (χ0n) is 8.39. The number of benzene rings is 1. The van der Waals surface area contributed by atoms with Gasteiger partial charge in [-0.15, -0.1) is 0 Å². The Hall–Kier alpha value is -1.35. The molecule has 1 amide bonds. The van der Waals surface area contributed by atoms with Gasteiger partial charge >= 0.3 is 0 Å². The maximum absolute atomic E-state index is 11.4. The van der Waals surface area contributed by atoms with Crippen LogP contribution < -0.4 is 0 Å². The summed E-state index contributed by atoms with van der Waals surface area (Å²) in [6.07, 6.45) is 1.37. The molecular formula is C12H13NO2. The van der Waals surface area contributed by atoms with Gasteiger partial charge in [-0.25, -0.2) is 0 Å². The molecule has 0 aliphatic carbocycles. The highest BCUT2D eigenvalue weighted by Crippen LogP contribution is 2.44. The standard InChI is InChI=1S/C12H13NO2/c14-11-7-6-10-12(15,8-13(10)11)9-4-2-1-3-5-9/h1-5,10,15H,6-8H2/t10-,12+/m0/s1. The fourth-order valence-electron chi connectivity index (χ4n) is 2.69. The maximum atomic E-state index is 11.4. The van der Waals surface area contributed by atoms with Crippen LogP contribution in [-0.2, 0) is 10.4 Å². The van der Waals surface area contributed by atoms with E-state index in [4.69, 9.17) is 0 Å². The molecule has 0 radical (unpaired) electrons. The predicted octanol–water partition coefficient (Wildman–Crippen LogP) is 0.879. The van der Waals surface area contributed by atoms with Crippen molar-refractivity contribution in [1.29, 1.82) is 0 Å². The molecule has 2 fully saturated rings. The van der Waals surface area contributed by atoms with Crippen molar-refractivity contribution < 1.29 is 9.90 Å². The summed E-state index contributed by atoms with van der Waals surface area (Å²) in [6.45, 7) is 0.459. The molecule has 1 aromatic rings. The number of aliphatic hydroxyl groups is 1. The van der Waals surface area contributed by atoms with Gasteiger partial charge in [0.1, 0.15) is 5.60 Å². The van der Waals surface area contributed by atoms with Crippen LogP contribution in [0.15, 0.2) is 30.3 Å². The van der Waals surface area contributed by atoms with E-state index >= 15 is 0 Å². The van der Waals surface area contributed by atoms with Gasteiger partial charge < -0.3 is 10.0 Å². The van der Waals surface area contributed by atoms with Gasteiger partial charge in [0.25, 0.3) is 0 Å². The highest BCUT2D eigenvalue weighted by atomic mass is 16.3. The minimum absolute atomic E-state index is 0.00685. The van der Waals surface area contributed by atoms with Crippen LogP contribution in [0.1, 0.15) is 18.4 Å². The van der Waals surface area contributed by atoms with Crippen LogP contribution in [0.25, 0.3) is 0 Å². The SMILES string of the molecule is O=C1CC[C@@H]2N1C[C@@]2(O)c1ccccc1. The molecule has 0 saturated carbocycles. The molecule has 0 aromatic heterocycles. The predicted molar refractivity (Wildman–Crippen MR) is 55.1 cm³/mol. The third kappa shape index (κ3) is 1.07. The van der Waals surface area contributed by atoms with E-state index in [0.29, 0.717) is 13.0 Å². The number of rotatable bonds is 1. The molecule has 2 atom stereocenters. The molecule has 0 spiro atoms. The number of amides is 1. The first kappa shape index (κ1) is 8.92. The van der Waals surface area contributed by atoms with E-state index in [-0.39, 0.29) is 11.9 Å². The summed E-state index contributed by atoms with van der Waals surface area (Å²) in [5, 5.41) is 10.5. The van der Waals surface area contributed by atoms with E-state index < -0.39 is 5.60 Å². The Morgan fingerprint density at radius 3 is 2.73 bits per heavy atom. The van der Waals surface area contributed by atoms with Crippen LogP contribution in [0, 0.1) is 0 Å². The van der Waals surface area contributed by atoms with Gasteiger partial charge in [-0.1, -0.05) is 30.3 Å². The molecule has 2 aliphatic heterocycles. The van der Waals surface area contributed by atoms with E-state index in [1.165, 1.54) is 0 Å². The summed E-state index contributed by atoms with van der Waals surface area (Å²) in [5.41, 5.74) is 0.133. The second-order valence-electron chi connectivity index (χ2n) is 4.37. The zero-order valence-corrected chi connectivity index (χ0v) is 8.39. The molecule has 0 unspecified atom stereocenters.